The highest BCUT2D eigenvalue weighted by Gasteiger charge is 2.34. The molecule has 0 aromatic heterocycles. The van der Waals surface area contributed by atoms with E-state index < -0.39 is 6.10 Å². The van der Waals surface area contributed by atoms with Crippen LogP contribution in [-0.2, 0) is 4.79 Å². The molecule has 3 rings (SSSR count). The molecular formula is C17H16N2O2. The molecule has 21 heavy (non-hydrogen) atoms. The van der Waals surface area contributed by atoms with E-state index >= 15 is 0 Å². The molecule has 4 heteroatoms. The number of nitrogen functional groups attached to an aromatic ring is 1. The first-order valence-corrected chi connectivity index (χ1v) is 6.74. The Morgan fingerprint density at radius 1 is 1.24 bits per heavy atom. The van der Waals surface area contributed by atoms with Crippen LogP contribution in [0.25, 0.3) is 0 Å². The van der Waals surface area contributed by atoms with Crippen molar-refractivity contribution >= 4 is 17.3 Å². The summed E-state index contributed by atoms with van der Waals surface area (Å²) in [6.07, 6.45) is 1.05. The fraction of sp³-hybridized carbons (Fsp3) is 0.118. The quantitative estimate of drug-likeness (QED) is 0.694. The van der Waals surface area contributed by atoms with Gasteiger partial charge in [-0.15, -0.1) is 6.58 Å². The van der Waals surface area contributed by atoms with Crippen molar-refractivity contribution in [1.82, 2.24) is 0 Å². The van der Waals surface area contributed by atoms with Crippen LogP contribution in [0.15, 0.2) is 61.2 Å². The van der Waals surface area contributed by atoms with Gasteiger partial charge in [-0.3, -0.25) is 4.79 Å². The Bertz CT molecular complexity index is 682. The molecule has 2 N–H and O–H groups in total. The second-order valence-corrected chi connectivity index (χ2v) is 4.87. The monoisotopic (exact) mass is 280 g/mol. The van der Waals surface area contributed by atoms with E-state index in [0.717, 1.165) is 11.3 Å². The van der Waals surface area contributed by atoms with Crippen LogP contribution in [0.2, 0.25) is 0 Å². The molecule has 2 aromatic carbocycles. The Morgan fingerprint density at radius 3 is 2.71 bits per heavy atom. The first-order valence-electron chi connectivity index (χ1n) is 6.74. The third kappa shape index (κ3) is 2.36. The number of hydrogen-bond acceptors (Lipinski definition) is 3. The number of carbonyl (C=O) groups is 1. The van der Waals surface area contributed by atoms with Crippen molar-refractivity contribution in [3.63, 3.8) is 0 Å². The molecule has 1 atom stereocenters. The molecule has 1 aliphatic rings. The van der Waals surface area contributed by atoms with Crippen molar-refractivity contribution in [2.75, 3.05) is 17.2 Å². The minimum Gasteiger partial charge on any atom is -0.474 e. The molecule has 106 valence electrons. The van der Waals surface area contributed by atoms with Crippen molar-refractivity contribution < 1.29 is 9.53 Å². The number of fused-ring (bicyclic) bond motifs is 1. The van der Waals surface area contributed by atoms with Gasteiger partial charge in [0.15, 0.2) is 0 Å². The summed E-state index contributed by atoms with van der Waals surface area (Å²) in [7, 11) is 0. The molecule has 0 saturated heterocycles. The number of nitrogens with two attached hydrogens (primary N) is 1. The largest absolute Gasteiger partial charge is 0.474 e. The van der Waals surface area contributed by atoms with Gasteiger partial charge >= 0.3 is 0 Å². The number of amides is 1. The zero-order chi connectivity index (χ0) is 14.8. The van der Waals surface area contributed by atoms with Gasteiger partial charge in [0.1, 0.15) is 5.75 Å². The lowest BCUT2D eigenvalue weighted by atomic mass is 10.1. The third-order valence-electron chi connectivity index (χ3n) is 3.42. The zero-order valence-electron chi connectivity index (χ0n) is 11.5. The summed E-state index contributed by atoms with van der Waals surface area (Å²) in [6.45, 7) is 4.15. The zero-order valence-corrected chi connectivity index (χ0v) is 11.5. The molecule has 0 bridgehead atoms. The molecule has 0 spiro atoms. The molecular weight excluding hydrogens is 264 g/mol. The Hall–Kier alpha value is -2.75. The topological polar surface area (TPSA) is 55.6 Å². The SMILES string of the molecule is C=CCN1C(=O)C(c2ccccc2)Oc2cc(N)ccc21. The number of hydrogen-bond donors (Lipinski definition) is 1. The Kier molecular flexibility index (Phi) is 3.36. The normalized spacial score (nSPS) is 17.0. The van der Waals surface area contributed by atoms with E-state index in [1.807, 2.05) is 30.3 Å². The van der Waals surface area contributed by atoms with E-state index in [-0.39, 0.29) is 5.91 Å². The number of ether oxygens (including phenoxy) is 1. The fourth-order valence-electron chi connectivity index (χ4n) is 2.44. The molecule has 0 aliphatic carbocycles. The van der Waals surface area contributed by atoms with Crippen LogP contribution in [0.4, 0.5) is 11.4 Å². The summed E-state index contributed by atoms with van der Waals surface area (Å²) in [6, 6.07) is 14.7. The highest BCUT2D eigenvalue weighted by atomic mass is 16.5. The molecule has 1 unspecified atom stereocenters. The number of carbonyl (C=O) groups excluding carboxylic acids is 1. The summed E-state index contributed by atoms with van der Waals surface area (Å²) in [5, 5.41) is 0. The predicted octanol–water partition coefficient (Wildman–Crippen LogP) is 2.92. The van der Waals surface area contributed by atoms with Gasteiger partial charge in [0.2, 0.25) is 6.10 Å². The lowest BCUT2D eigenvalue weighted by molar-refractivity contribution is -0.126. The maximum atomic E-state index is 12.7. The van der Waals surface area contributed by atoms with Gasteiger partial charge in [-0.2, -0.15) is 0 Å². The molecule has 1 heterocycles. The highest BCUT2D eigenvalue weighted by Crippen LogP contribution is 2.39. The number of rotatable bonds is 3. The predicted molar refractivity (Wildman–Crippen MR) is 83.2 cm³/mol. The second kappa shape index (κ2) is 5.32. The van der Waals surface area contributed by atoms with Crippen molar-refractivity contribution in [3.8, 4) is 5.75 Å². The smallest absolute Gasteiger partial charge is 0.273 e. The molecule has 1 aliphatic heterocycles. The van der Waals surface area contributed by atoms with Crippen LogP contribution in [0.3, 0.4) is 0 Å². The standard InChI is InChI=1S/C17H16N2O2/c1-2-10-19-14-9-8-13(18)11-15(14)21-16(17(19)20)12-6-4-3-5-7-12/h2-9,11,16H,1,10,18H2. The molecule has 4 nitrogen and oxygen atoms in total. The van der Waals surface area contributed by atoms with Gasteiger partial charge in [-0.05, 0) is 12.1 Å². The summed E-state index contributed by atoms with van der Waals surface area (Å²) in [4.78, 5) is 14.4. The Labute approximate surface area is 123 Å². The summed E-state index contributed by atoms with van der Waals surface area (Å²) < 4.78 is 5.88. The number of anilines is 2. The van der Waals surface area contributed by atoms with Crippen molar-refractivity contribution in [2.45, 2.75) is 6.10 Å². The van der Waals surface area contributed by atoms with E-state index in [2.05, 4.69) is 6.58 Å². The summed E-state index contributed by atoms with van der Waals surface area (Å²) >= 11 is 0. The van der Waals surface area contributed by atoms with Gasteiger partial charge in [0.05, 0.1) is 5.69 Å². The van der Waals surface area contributed by atoms with Crippen LogP contribution < -0.4 is 15.4 Å². The van der Waals surface area contributed by atoms with Gasteiger partial charge in [-0.25, -0.2) is 0 Å². The number of benzene rings is 2. The summed E-state index contributed by atoms with van der Waals surface area (Å²) in [5.74, 6) is 0.517. The average Bonchev–Trinajstić information content (AvgIpc) is 2.51. The molecule has 1 amide bonds. The van der Waals surface area contributed by atoms with Gasteiger partial charge in [-0.1, -0.05) is 36.4 Å². The first-order chi connectivity index (χ1) is 10.2. The van der Waals surface area contributed by atoms with Crippen LogP contribution in [0.5, 0.6) is 5.75 Å². The van der Waals surface area contributed by atoms with E-state index in [1.165, 1.54) is 0 Å². The second-order valence-electron chi connectivity index (χ2n) is 4.87. The minimum absolute atomic E-state index is 0.0987. The van der Waals surface area contributed by atoms with Gasteiger partial charge < -0.3 is 15.4 Å². The number of nitrogens with zero attached hydrogens (tertiary/aromatic N) is 1. The average molecular weight is 280 g/mol. The van der Waals surface area contributed by atoms with Gasteiger partial charge in [0.25, 0.3) is 5.91 Å². The van der Waals surface area contributed by atoms with Crippen LogP contribution >= 0.6 is 0 Å². The van der Waals surface area contributed by atoms with E-state index in [4.69, 9.17) is 10.5 Å². The third-order valence-corrected chi connectivity index (χ3v) is 3.42. The molecule has 0 radical (unpaired) electrons. The summed E-state index contributed by atoms with van der Waals surface area (Å²) in [5.41, 5.74) is 7.97. The minimum atomic E-state index is -0.652. The maximum Gasteiger partial charge on any atom is 0.273 e. The maximum absolute atomic E-state index is 12.7. The molecule has 2 aromatic rings. The fourth-order valence-corrected chi connectivity index (χ4v) is 2.44. The highest BCUT2D eigenvalue weighted by molar-refractivity contribution is 6.01. The Morgan fingerprint density at radius 2 is 2.00 bits per heavy atom. The lowest BCUT2D eigenvalue weighted by Crippen LogP contribution is -2.41. The van der Waals surface area contributed by atoms with E-state index in [0.29, 0.717) is 18.0 Å². The van der Waals surface area contributed by atoms with E-state index in [9.17, 15) is 4.79 Å². The molecule has 0 saturated carbocycles. The van der Waals surface area contributed by atoms with Crippen molar-refractivity contribution in [1.29, 1.82) is 0 Å². The first kappa shape index (κ1) is 13.2. The van der Waals surface area contributed by atoms with Crippen LogP contribution in [0, 0.1) is 0 Å². The molecule has 0 fully saturated rings. The van der Waals surface area contributed by atoms with Crippen LogP contribution in [-0.4, -0.2) is 12.5 Å². The Balaban J connectivity index is 2.07. The van der Waals surface area contributed by atoms with Crippen LogP contribution in [0.1, 0.15) is 11.7 Å². The van der Waals surface area contributed by atoms with E-state index in [1.54, 1.807) is 29.2 Å². The van der Waals surface area contributed by atoms with Crippen molar-refractivity contribution in [3.05, 3.63) is 66.7 Å². The van der Waals surface area contributed by atoms with Crippen molar-refractivity contribution in [2.24, 2.45) is 0 Å². The van der Waals surface area contributed by atoms with Gasteiger partial charge in [0, 0.05) is 23.9 Å². The lowest BCUT2D eigenvalue weighted by Gasteiger charge is -2.34.